The predicted octanol–water partition coefficient (Wildman–Crippen LogP) is 2.40. The maximum atomic E-state index is 11.9. The molecular formula is C15H18N4O. The molecule has 5 nitrogen and oxygen atoms in total. The van der Waals surface area contributed by atoms with Gasteiger partial charge in [-0.25, -0.2) is 0 Å². The standard InChI is InChI=1S/C15H18N4O/c1-3-16-11(2)12-4-6-14(7-5-12)19-15(20)13-8-9-17-18-10-13/h4-11,16H,3H2,1-2H3,(H,19,20). The van der Waals surface area contributed by atoms with Gasteiger partial charge in [0.1, 0.15) is 0 Å². The first kappa shape index (κ1) is 14.1. The smallest absolute Gasteiger partial charge is 0.257 e. The molecule has 0 aliphatic rings. The third kappa shape index (κ3) is 3.61. The topological polar surface area (TPSA) is 66.9 Å². The van der Waals surface area contributed by atoms with Crippen molar-refractivity contribution in [1.29, 1.82) is 0 Å². The van der Waals surface area contributed by atoms with Crippen molar-refractivity contribution in [2.24, 2.45) is 0 Å². The first-order valence-electron chi connectivity index (χ1n) is 6.62. The van der Waals surface area contributed by atoms with Gasteiger partial charge in [-0.05, 0) is 37.2 Å². The van der Waals surface area contributed by atoms with E-state index in [1.807, 2.05) is 24.3 Å². The molecule has 1 aromatic heterocycles. The molecule has 0 radical (unpaired) electrons. The third-order valence-corrected chi connectivity index (χ3v) is 3.03. The summed E-state index contributed by atoms with van der Waals surface area (Å²) in [6, 6.07) is 9.74. The van der Waals surface area contributed by atoms with Crippen molar-refractivity contribution < 1.29 is 4.79 Å². The Morgan fingerprint density at radius 3 is 2.55 bits per heavy atom. The van der Waals surface area contributed by atoms with Crippen LogP contribution in [-0.4, -0.2) is 22.6 Å². The molecule has 1 atom stereocenters. The van der Waals surface area contributed by atoms with Gasteiger partial charge in [0.25, 0.3) is 5.91 Å². The molecule has 5 heteroatoms. The van der Waals surface area contributed by atoms with Crippen LogP contribution in [0.3, 0.4) is 0 Å². The predicted molar refractivity (Wildman–Crippen MR) is 78.5 cm³/mol. The molecule has 1 unspecified atom stereocenters. The summed E-state index contributed by atoms with van der Waals surface area (Å²) in [5.41, 5.74) is 2.44. The van der Waals surface area contributed by atoms with E-state index in [9.17, 15) is 4.79 Å². The van der Waals surface area contributed by atoms with Gasteiger partial charge in [0.2, 0.25) is 0 Å². The molecule has 2 aromatic rings. The molecule has 1 amide bonds. The van der Waals surface area contributed by atoms with Gasteiger partial charge in [0.15, 0.2) is 0 Å². The van der Waals surface area contributed by atoms with Crippen molar-refractivity contribution in [2.75, 3.05) is 11.9 Å². The zero-order valence-electron chi connectivity index (χ0n) is 11.6. The number of rotatable bonds is 5. The van der Waals surface area contributed by atoms with Gasteiger partial charge in [-0.15, -0.1) is 0 Å². The van der Waals surface area contributed by atoms with E-state index in [4.69, 9.17) is 0 Å². The van der Waals surface area contributed by atoms with E-state index in [-0.39, 0.29) is 5.91 Å². The van der Waals surface area contributed by atoms with Crippen LogP contribution >= 0.6 is 0 Å². The molecule has 104 valence electrons. The quantitative estimate of drug-likeness (QED) is 0.875. The number of anilines is 1. The van der Waals surface area contributed by atoms with Gasteiger partial charge in [-0.3, -0.25) is 4.79 Å². The third-order valence-electron chi connectivity index (χ3n) is 3.03. The molecule has 0 aliphatic carbocycles. The van der Waals surface area contributed by atoms with E-state index >= 15 is 0 Å². The molecule has 0 saturated heterocycles. The van der Waals surface area contributed by atoms with Crippen molar-refractivity contribution in [2.45, 2.75) is 19.9 Å². The van der Waals surface area contributed by atoms with Crippen LogP contribution in [-0.2, 0) is 0 Å². The molecule has 2 N–H and O–H groups in total. The van der Waals surface area contributed by atoms with Crippen LogP contribution in [0, 0.1) is 0 Å². The van der Waals surface area contributed by atoms with E-state index in [2.05, 4.69) is 34.7 Å². The van der Waals surface area contributed by atoms with Crippen molar-refractivity contribution in [3.8, 4) is 0 Å². The van der Waals surface area contributed by atoms with Gasteiger partial charge < -0.3 is 10.6 Å². The maximum Gasteiger partial charge on any atom is 0.257 e. The summed E-state index contributed by atoms with van der Waals surface area (Å²) in [7, 11) is 0. The molecule has 2 rings (SSSR count). The Hall–Kier alpha value is -2.27. The minimum Gasteiger partial charge on any atom is -0.322 e. The molecule has 1 heterocycles. The molecule has 1 aromatic carbocycles. The fraction of sp³-hybridized carbons (Fsp3) is 0.267. The van der Waals surface area contributed by atoms with Crippen LogP contribution in [0.4, 0.5) is 5.69 Å². The highest BCUT2D eigenvalue weighted by Crippen LogP contribution is 2.16. The Kier molecular flexibility index (Phi) is 4.79. The van der Waals surface area contributed by atoms with Crippen LogP contribution in [0.1, 0.15) is 35.8 Å². The second-order valence-corrected chi connectivity index (χ2v) is 4.49. The largest absolute Gasteiger partial charge is 0.322 e. The lowest BCUT2D eigenvalue weighted by Gasteiger charge is -2.13. The molecule has 0 aliphatic heterocycles. The Balaban J connectivity index is 2.02. The number of aromatic nitrogens is 2. The van der Waals surface area contributed by atoms with Crippen molar-refractivity contribution >= 4 is 11.6 Å². The van der Waals surface area contributed by atoms with E-state index < -0.39 is 0 Å². The average Bonchev–Trinajstić information content (AvgIpc) is 2.49. The highest BCUT2D eigenvalue weighted by molar-refractivity contribution is 6.03. The van der Waals surface area contributed by atoms with Crippen molar-refractivity contribution in [1.82, 2.24) is 15.5 Å². The first-order chi connectivity index (χ1) is 9.70. The van der Waals surface area contributed by atoms with Crippen LogP contribution in [0.25, 0.3) is 0 Å². The lowest BCUT2D eigenvalue weighted by molar-refractivity contribution is 0.102. The molecule has 0 bridgehead atoms. The van der Waals surface area contributed by atoms with E-state index in [1.54, 1.807) is 6.07 Å². The highest BCUT2D eigenvalue weighted by atomic mass is 16.1. The molecular weight excluding hydrogens is 252 g/mol. The van der Waals surface area contributed by atoms with Crippen molar-refractivity contribution in [3.05, 3.63) is 53.9 Å². The molecule has 0 fully saturated rings. The fourth-order valence-corrected chi connectivity index (χ4v) is 1.91. The molecule has 0 saturated carbocycles. The SMILES string of the molecule is CCNC(C)c1ccc(NC(=O)c2ccnnc2)cc1. The zero-order valence-corrected chi connectivity index (χ0v) is 11.6. The molecule has 0 spiro atoms. The van der Waals surface area contributed by atoms with Gasteiger partial charge in [0, 0.05) is 11.7 Å². The van der Waals surface area contributed by atoms with Gasteiger partial charge >= 0.3 is 0 Å². The zero-order chi connectivity index (χ0) is 14.4. The lowest BCUT2D eigenvalue weighted by atomic mass is 10.1. The van der Waals surface area contributed by atoms with E-state index in [0.29, 0.717) is 11.6 Å². The Bertz CT molecular complexity index is 554. The number of nitrogens with one attached hydrogen (secondary N) is 2. The average molecular weight is 270 g/mol. The fourth-order valence-electron chi connectivity index (χ4n) is 1.91. The summed E-state index contributed by atoms with van der Waals surface area (Å²) in [6.07, 6.45) is 2.94. The summed E-state index contributed by atoms with van der Waals surface area (Å²) in [5, 5.41) is 13.5. The maximum absolute atomic E-state index is 11.9. The van der Waals surface area contributed by atoms with Gasteiger partial charge in [0.05, 0.1) is 18.0 Å². The number of hydrogen-bond acceptors (Lipinski definition) is 4. The number of hydrogen-bond donors (Lipinski definition) is 2. The number of benzene rings is 1. The number of nitrogens with zero attached hydrogens (tertiary/aromatic N) is 2. The van der Waals surface area contributed by atoms with E-state index in [0.717, 1.165) is 12.2 Å². The Morgan fingerprint density at radius 2 is 1.95 bits per heavy atom. The van der Waals surface area contributed by atoms with Crippen LogP contribution < -0.4 is 10.6 Å². The van der Waals surface area contributed by atoms with Crippen LogP contribution in [0.15, 0.2) is 42.7 Å². The summed E-state index contributed by atoms with van der Waals surface area (Å²) < 4.78 is 0. The molecule has 20 heavy (non-hydrogen) atoms. The van der Waals surface area contributed by atoms with Crippen molar-refractivity contribution in [3.63, 3.8) is 0 Å². The summed E-state index contributed by atoms with van der Waals surface area (Å²) in [4.78, 5) is 11.9. The summed E-state index contributed by atoms with van der Waals surface area (Å²) in [5.74, 6) is -0.188. The lowest BCUT2D eigenvalue weighted by Crippen LogP contribution is -2.17. The van der Waals surface area contributed by atoms with Gasteiger partial charge in [-0.1, -0.05) is 19.1 Å². The van der Waals surface area contributed by atoms with Crippen LogP contribution in [0.2, 0.25) is 0 Å². The highest BCUT2D eigenvalue weighted by Gasteiger charge is 2.07. The minimum absolute atomic E-state index is 0.188. The Morgan fingerprint density at radius 1 is 1.20 bits per heavy atom. The van der Waals surface area contributed by atoms with Crippen LogP contribution in [0.5, 0.6) is 0 Å². The number of carbonyl (C=O) groups is 1. The Labute approximate surface area is 118 Å². The number of carbonyl (C=O) groups excluding carboxylic acids is 1. The normalized spacial score (nSPS) is 11.9. The number of amides is 1. The first-order valence-corrected chi connectivity index (χ1v) is 6.62. The second kappa shape index (κ2) is 6.77. The van der Waals surface area contributed by atoms with E-state index in [1.165, 1.54) is 18.0 Å². The summed E-state index contributed by atoms with van der Waals surface area (Å²) >= 11 is 0. The minimum atomic E-state index is -0.188. The monoisotopic (exact) mass is 270 g/mol. The second-order valence-electron chi connectivity index (χ2n) is 4.49. The summed E-state index contributed by atoms with van der Waals surface area (Å²) in [6.45, 7) is 5.11. The van der Waals surface area contributed by atoms with Gasteiger partial charge in [-0.2, -0.15) is 10.2 Å².